The molecule has 2 nitrogen and oxygen atoms in total. The molecular formula is C15H22ClNO. The van der Waals surface area contributed by atoms with Crippen LogP contribution in [-0.4, -0.2) is 19.3 Å². The Morgan fingerprint density at radius 1 is 1.39 bits per heavy atom. The summed E-state index contributed by atoms with van der Waals surface area (Å²) >= 11 is 5.96. The van der Waals surface area contributed by atoms with E-state index in [-0.39, 0.29) is 0 Å². The second-order valence-corrected chi connectivity index (χ2v) is 5.45. The van der Waals surface area contributed by atoms with Crippen LogP contribution in [0.3, 0.4) is 0 Å². The molecule has 0 radical (unpaired) electrons. The molecule has 1 saturated heterocycles. The fraction of sp³-hybridized carbons (Fsp3) is 0.600. The summed E-state index contributed by atoms with van der Waals surface area (Å²) in [6.07, 6.45) is 2.60. The Morgan fingerprint density at radius 2 is 2.11 bits per heavy atom. The van der Waals surface area contributed by atoms with Crippen molar-refractivity contribution < 1.29 is 4.74 Å². The predicted octanol–water partition coefficient (Wildman–Crippen LogP) is 3.81. The topological polar surface area (TPSA) is 21.3 Å². The van der Waals surface area contributed by atoms with E-state index in [2.05, 4.69) is 31.3 Å². The Kier molecular flexibility index (Phi) is 5.04. The zero-order chi connectivity index (χ0) is 13.0. The summed E-state index contributed by atoms with van der Waals surface area (Å²) < 4.78 is 5.71. The third-order valence-corrected chi connectivity index (χ3v) is 3.96. The Hall–Kier alpha value is -0.570. The van der Waals surface area contributed by atoms with Crippen molar-refractivity contribution in [2.24, 2.45) is 5.92 Å². The van der Waals surface area contributed by atoms with Crippen molar-refractivity contribution >= 4 is 11.6 Å². The molecule has 3 heteroatoms. The lowest BCUT2D eigenvalue weighted by molar-refractivity contribution is 0.0954. The molecule has 3 atom stereocenters. The molecule has 1 N–H and O–H groups in total. The van der Waals surface area contributed by atoms with E-state index in [1.165, 1.54) is 5.56 Å². The first-order valence-electron chi connectivity index (χ1n) is 6.83. The minimum Gasteiger partial charge on any atom is -0.378 e. The van der Waals surface area contributed by atoms with Gasteiger partial charge in [0.15, 0.2) is 0 Å². The molecule has 1 aliphatic rings. The van der Waals surface area contributed by atoms with Gasteiger partial charge < -0.3 is 10.1 Å². The largest absolute Gasteiger partial charge is 0.378 e. The van der Waals surface area contributed by atoms with Crippen molar-refractivity contribution in [2.75, 3.05) is 13.2 Å². The van der Waals surface area contributed by atoms with Gasteiger partial charge in [0.05, 0.1) is 6.10 Å². The van der Waals surface area contributed by atoms with Crippen molar-refractivity contribution in [2.45, 2.75) is 38.8 Å². The van der Waals surface area contributed by atoms with Gasteiger partial charge in [-0.2, -0.15) is 0 Å². The summed E-state index contributed by atoms with van der Waals surface area (Å²) in [4.78, 5) is 0. The third-order valence-electron chi connectivity index (χ3n) is 3.71. The van der Waals surface area contributed by atoms with Crippen molar-refractivity contribution in [3.8, 4) is 0 Å². The molecule has 0 bridgehead atoms. The van der Waals surface area contributed by atoms with Crippen molar-refractivity contribution in [3.05, 3.63) is 34.9 Å². The number of benzene rings is 1. The van der Waals surface area contributed by atoms with Gasteiger partial charge in [0.1, 0.15) is 0 Å². The normalized spacial score (nSPS) is 25.3. The first-order chi connectivity index (χ1) is 8.72. The predicted molar refractivity (Wildman–Crippen MR) is 76.0 cm³/mol. The van der Waals surface area contributed by atoms with Gasteiger partial charge in [0, 0.05) is 23.6 Å². The molecule has 0 saturated carbocycles. The summed E-state index contributed by atoms with van der Waals surface area (Å²) in [5.41, 5.74) is 1.32. The number of hydrogen-bond acceptors (Lipinski definition) is 2. The lowest BCUT2D eigenvalue weighted by atomic mass is 9.88. The monoisotopic (exact) mass is 267 g/mol. The zero-order valence-corrected chi connectivity index (χ0v) is 11.9. The molecule has 2 rings (SSSR count). The molecule has 0 aliphatic carbocycles. The number of hydrogen-bond donors (Lipinski definition) is 1. The van der Waals surface area contributed by atoms with Crippen LogP contribution in [0.25, 0.3) is 0 Å². The summed E-state index contributed by atoms with van der Waals surface area (Å²) in [5.74, 6) is 0.553. The van der Waals surface area contributed by atoms with Crippen LogP contribution in [0.4, 0.5) is 0 Å². The van der Waals surface area contributed by atoms with Crippen LogP contribution in [0, 0.1) is 5.92 Å². The van der Waals surface area contributed by atoms with Gasteiger partial charge >= 0.3 is 0 Å². The summed E-state index contributed by atoms with van der Waals surface area (Å²) in [5, 5.41) is 4.45. The molecule has 3 unspecified atom stereocenters. The molecule has 18 heavy (non-hydrogen) atoms. The maximum Gasteiger partial charge on any atom is 0.0594 e. The fourth-order valence-electron chi connectivity index (χ4n) is 2.67. The Morgan fingerprint density at radius 3 is 2.67 bits per heavy atom. The van der Waals surface area contributed by atoms with Gasteiger partial charge in [-0.05, 0) is 44.0 Å². The van der Waals surface area contributed by atoms with Gasteiger partial charge in [-0.3, -0.25) is 0 Å². The van der Waals surface area contributed by atoms with Gasteiger partial charge in [-0.25, -0.2) is 0 Å². The van der Waals surface area contributed by atoms with Crippen LogP contribution in [0.15, 0.2) is 24.3 Å². The van der Waals surface area contributed by atoms with E-state index in [4.69, 9.17) is 16.3 Å². The Labute approximate surface area is 115 Å². The van der Waals surface area contributed by atoms with Crippen molar-refractivity contribution in [1.82, 2.24) is 5.32 Å². The standard InChI is InChI=1S/C15H22ClNO/c1-3-9-17-15(14-8-10-18-11(14)2)12-4-6-13(16)7-5-12/h4-7,11,14-15,17H,3,8-10H2,1-2H3. The van der Waals surface area contributed by atoms with E-state index in [0.29, 0.717) is 18.1 Å². The zero-order valence-electron chi connectivity index (χ0n) is 11.2. The van der Waals surface area contributed by atoms with Crippen LogP contribution in [-0.2, 0) is 4.74 Å². The van der Waals surface area contributed by atoms with Crippen LogP contribution < -0.4 is 5.32 Å². The molecule has 100 valence electrons. The maximum absolute atomic E-state index is 5.96. The molecule has 1 aromatic carbocycles. The van der Waals surface area contributed by atoms with Crippen LogP contribution in [0.2, 0.25) is 5.02 Å². The van der Waals surface area contributed by atoms with E-state index in [1.807, 2.05) is 12.1 Å². The van der Waals surface area contributed by atoms with Crippen molar-refractivity contribution in [3.63, 3.8) is 0 Å². The summed E-state index contributed by atoms with van der Waals surface area (Å²) in [7, 11) is 0. The van der Waals surface area contributed by atoms with E-state index in [9.17, 15) is 0 Å². The highest BCUT2D eigenvalue weighted by Gasteiger charge is 2.32. The Balaban J connectivity index is 2.15. The number of ether oxygens (including phenoxy) is 1. The number of nitrogens with one attached hydrogen (secondary N) is 1. The summed E-state index contributed by atoms with van der Waals surface area (Å²) in [6.45, 7) is 6.29. The van der Waals surface area contributed by atoms with E-state index in [0.717, 1.165) is 31.0 Å². The van der Waals surface area contributed by atoms with Gasteiger partial charge in [0.2, 0.25) is 0 Å². The second kappa shape index (κ2) is 6.55. The van der Waals surface area contributed by atoms with Crippen LogP contribution >= 0.6 is 11.6 Å². The van der Waals surface area contributed by atoms with E-state index >= 15 is 0 Å². The maximum atomic E-state index is 5.96. The first-order valence-corrected chi connectivity index (χ1v) is 7.20. The highest BCUT2D eigenvalue weighted by atomic mass is 35.5. The quantitative estimate of drug-likeness (QED) is 0.876. The second-order valence-electron chi connectivity index (χ2n) is 5.01. The van der Waals surface area contributed by atoms with E-state index < -0.39 is 0 Å². The average Bonchev–Trinajstić information content (AvgIpc) is 2.78. The van der Waals surface area contributed by atoms with Crippen LogP contribution in [0.1, 0.15) is 38.3 Å². The molecule has 1 aliphatic heterocycles. The number of rotatable bonds is 5. The average molecular weight is 268 g/mol. The van der Waals surface area contributed by atoms with Crippen molar-refractivity contribution in [1.29, 1.82) is 0 Å². The fourth-order valence-corrected chi connectivity index (χ4v) is 2.80. The molecule has 0 spiro atoms. The lowest BCUT2D eigenvalue weighted by Gasteiger charge is -2.27. The summed E-state index contributed by atoms with van der Waals surface area (Å²) in [6, 6.07) is 8.57. The first kappa shape index (κ1) is 13.9. The SMILES string of the molecule is CCCNC(c1ccc(Cl)cc1)C1CCOC1C. The molecule has 1 heterocycles. The van der Waals surface area contributed by atoms with Gasteiger partial charge in [-0.1, -0.05) is 30.7 Å². The Bertz CT molecular complexity index is 365. The van der Waals surface area contributed by atoms with Crippen LogP contribution in [0.5, 0.6) is 0 Å². The smallest absolute Gasteiger partial charge is 0.0594 e. The molecule has 0 amide bonds. The third kappa shape index (κ3) is 3.25. The molecule has 1 aromatic rings. The molecule has 0 aromatic heterocycles. The minimum atomic E-state index is 0.329. The molecule has 1 fully saturated rings. The number of halogens is 1. The minimum absolute atomic E-state index is 0.329. The lowest BCUT2D eigenvalue weighted by Crippen LogP contribution is -2.32. The highest BCUT2D eigenvalue weighted by Crippen LogP contribution is 2.33. The van der Waals surface area contributed by atoms with Gasteiger partial charge in [-0.15, -0.1) is 0 Å². The van der Waals surface area contributed by atoms with E-state index in [1.54, 1.807) is 0 Å². The molecular weight excluding hydrogens is 246 g/mol. The van der Waals surface area contributed by atoms with Gasteiger partial charge in [0.25, 0.3) is 0 Å². The highest BCUT2D eigenvalue weighted by molar-refractivity contribution is 6.30.